The van der Waals surface area contributed by atoms with Gasteiger partial charge in [-0.1, -0.05) is 12.1 Å². The number of halogens is 3. The average Bonchev–Trinajstić information content (AvgIpc) is 2.33. The lowest BCUT2D eigenvalue weighted by atomic mass is 10.1. The number of amides is 1. The molecule has 1 amide bonds. The second-order valence-corrected chi connectivity index (χ2v) is 5.50. The highest BCUT2D eigenvalue weighted by Gasteiger charge is 2.31. The molecule has 1 atom stereocenters. The van der Waals surface area contributed by atoms with Crippen molar-refractivity contribution in [3.05, 3.63) is 29.8 Å². The summed E-state index contributed by atoms with van der Waals surface area (Å²) in [5.74, 6) is -0.384. The van der Waals surface area contributed by atoms with Gasteiger partial charge >= 0.3 is 12.5 Å². The van der Waals surface area contributed by atoms with E-state index in [1.54, 1.807) is 20.8 Å². The van der Waals surface area contributed by atoms with E-state index in [1.807, 2.05) is 0 Å². The van der Waals surface area contributed by atoms with Crippen molar-refractivity contribution in [3.8, 4) is 5.75 Å². The number of hydrogen-bond donors (Lipinski definition) is 2. The number of benzene rings is 1. The second-order valence-electron chi connectivity index (χ2n) is 5.50. The first-order valence-corrected chi connectivity index (χ1v) is 6.46. The van der Waals surface area contributed by atoms with Crippen LogP contribution >= 0.6 is 0 Å². The number of carbonyl (C=O) groups is 1. The lowest BCUT2D eigenvalue weighted by molar-refractivity contribution is -0.274. The topological polar surface area (TPSA) is 67.8 Å². The Hall–Kier alpha value is -1.96. The summed E-state index contributed by atoms with van der Waals surface area (Å²) in [5, 5.41) is 11.7. The van der Waals surface area contributed by atoms with Gasteiger partial charge in [0.05, 0.1) is 12.6 Å². The molecule has 0 unspecified atom stereocenters. The van der Waals surface area contributed by atoms with Crippen molar-refractivity contribution in [1.82, 2.24) is 5.32 Å². The Morgan fingerprint density at radius 2 is 1.77 bits per heavy atom. The molecule has 0 aliphatic rings. The Kier molecular flexibility index (Phi) is 5.65. The molecular weight excluding hydrogens is 303 g/mol. The van der Waals surface area contributed by atoms with Crippen LogP contribution in [0.25, 0.3) is 0 Å². The fraction of sp³-hybridized carbons (Fsp3) is 0.500. The number of aliphatic hydroxyl groups excluding tert-OH is 1. The van der Waals surface area contributed by atoms with Gasteiger partial charge in [0.1, 0.15) is 11.4 Å². The molecule has 1 aromatic rings. The maximum absolute atomic E-state index is 12.1. The third-order valence-corrected chi connectivity index (χ3v) is 2.39. The lowest BCUT2D eigenvalue weighted by Gasteiger charge is -2.23. The molecule has 2 N–H and O–H groups in total. The second kappa shape index (κ2) is 6.87. The highest BCUT2D eigenvalue weighted by Crippen LogP contribution is 2.24. The summed E-state index contributed by atoms with van der Waals surface area (Å²) in [6.07, 6.45) is -5.51. The van der Waals surface area contributed by atoms with E-state index in [9.17, 15) is 23.1 Å². The van der Waals surface area contributed by atoms with E-state index in [0.29, 0.717) is 5.56 Å². The Morgan fingerprint density at radius 1 is 1.23 bits per heavy atom. The van der Waals surface area contributed by atoms with Crippen molar-refractivity contribution < 1.29 is 32.5 Å². The molecule has 5 nitrogen and oxygen atoms in total. The van der Waals surface area contributed by atoms with Gasteiger partial charge in [-0.3, -0.25) is 0 Å². The number of aliphatic hydroxyl groups is 1. The van der Waals surface area contributed by atoms with Crippen molar-refractivity contribution in [1.29, 1.82) is 0 Å². The summed E-state index contributed by atoms with van der Waals surface area (Å²) < 4.78 is 45.0. The molecule has 0 bridgehead atoms. The van der Waals surface area contributed by atoms with Crippen LogP contribution in [0.1, 0.15) is 32.4 Å². The smallest absolute Gasteiger partial charge is 0.444 e. The molecule has 22 heavy (non-hydrogen) atoms. The number of hydrogen-bond acceptors (Lipinski definition) is 4. The number of alkyl carbamates (subject to hydrolysis) is 1. The molecule has 0 aliphatic carbocycles. The summed E-state index contributed by atoms with van der Waals surface area (Å²) in [4.78, 5) is 11.6. The summed E-state index contributed by atoms with van der Waals surface area (Å²) in [7, 11) is 0. The van der Waals surface area contributed by atoms with Crippen molar-refractivity contribution in [2.45, 2.75) is 38.8 Å². The maximum Gasteiger partial charge on any atom is 0.573 e. The van der Waals surface area contributed by atoms with Gasteiger partial charge in [-0.15, -0.1) is 13.2 Å². The molecule has 0 radical (unpaired) electrons. The SMILES string of the molecule is CC(C)(C)OC(=O)N[C@H](CO)c1ccc(OC(F)(F)F)cc1. The van der Waals surface area contributed by atoms with Crippen LogP contribution in [0.4, 0.5) is 18.0 Å². The van der Waals surface area contributed by atoms with Gasteiger partial charge in [0, 0.05) is 0 Å². The third-order valence-electron chi connectivity index (χ3n) is 2.39. The van der Waals surface area contributed by atoms with Gasteiger partial charge < -0.3 is 19.9 Å². The van der Waals surface area contributed by atoms with E-state index in [4.69, 9.17) is 4.74 Å². The van der Waals surface area contributed by atoms with Crippen molar-refractivity contribution in [2.24, 2.45) is 0 Å². The molecule has 0 aromatic heterocycles. The fourth-order valence-electron chi connectivity index (χ4n) is 1.59. The zero-order chi connectivity index (χ0) is 17.0. The van der Waals surface area contributed by atoms with Crippen LogP contribution in [-0.4, -0.2) is 29.8 Å². The number of rotatable bonds is 4. The van der Waals surface area contributed by atoms with E-state index in [-0.39, 0.29) is 5.75 Å². The minimum Gasteiger partial charge on any atom is -0.444 e. The standard InChI is InChI=1S/C14H18F3NO4/c1-13(2,3)22-12(20)18-11(8-19)9-4-6-10(7-5-9)21-14(15,16)17/h4-7,11,19H,8H2,1-3H3,(H,18,20)/t11-/m1/s1. The zero-order valence-corrected chi connectivity index (χ0v) is 12.4. The summed E-state index contributed by atoms with van der Waals surface area (Å²) in [5.41, 5.74) is -0.281. The zero-order valence-electron chi connectivity index (χ0n) is 12.4. The summed E-state index contributed by atoms with van der Waals surface area (Å²) in [6.45, 7) is 4.62. The first-order chi connectivity index (χ1) is 10.00. The molecule has 1 aromatic carbocycles. The van der Waals surface area contributed by atoms with Gasteiger partial charge in [-0.25, -0.2) is 4.79 Å². The molecule has 0 fully saturated rings. The largest absolute Gasteiger partial charge is 0.573 e. The molecule has 124 valence electrons. The van der Waals surface area contributed by atoms with Crippen LogP contribution < -0.4 is 10.1 Å². The third kappa shape index (κ3) is 6.66. The highest BCUT2D eigenvalue weighted by molar-refractivity contribution is 5.68. The lowest BCUT2D eigenvalue weighted by Crippen LogP contribution is -2.36. The van der Waals surface area contributed by atoms with E-state index < -0.39 is 30.7 Å². The molecule has 1 rings (SSSR count). The molecule has 0 saturated heterocycles. The normalized spacial score (nSPS) is 13.4. The highest BCUT2D eigenvalue weighted by atomic mass is 19.4. The van der Waals surface area contributed by atoms with Gasteiger partial charge in [-0.05, 0) is 38.5 Å². The quantitative estimate of drug-likeness (QED) is 0.894. The minimum absolute atomic E-state index is 0.384. The molecular formula is C14H18F3NO4. The van der Waals surface area contributed by atoms with Crippen LogP contribution in [0.5, 0.6) is 5.75 Å². The monoisotopic (exact) mass is 321 g/mol. The van der Waals surface area contributed by atoms with Crippen molar-refractivity contribution in [2.75, 3.05) is 6.61 Å². The molecule has 8 heteroatoms. The maximum atomic E-state index is 12.1. The van der Waals surface area contributed by atoms with Crippen LogP contribution in [-0.2, 0) is 4.74 Å². The van der Waals surface area contributed by atoms with E-state index >= 15 is 0 Å². The average molecular weight is 321 g/mol. The van der Waals surface area contributed by atoms with Gasteiger partial charge in [0.25, 0.3) is 0 Å². The number of nitrogens with one attached hydrogen (secondary N) is 1. The predicted molar refractivity (Wildman–Crippen MR) is 72.3 cm³/mol. The molecule has 0 heterocycles. The summed E-state index contributed by atoms with van der Waals surface area (Å²) in [6, 6.07) is 4.04. The van der Waals surface area contributed by atoms with Crippen LogP contribution in [0, 0.1) is 0 Å². The van der Waals surface area contributed by atoms with E-state index in [0.717, 1.165) is 12.1 Å². The van der Waals surface area contributed by atoms with E-state index in [2.05, 4.69) is 10.1 Å². The van der Waals surface area contributed by atoms with Crippen molar-refractivity contribution in [3.63, 3.8) is 0 Å². The Morgan fingerprint density at radius 3 is 2.18 bits per heavy atom. The van der Waals surface area contributed by atoms with Crippen LogP contribution in [0.15, 0.2) is 24.3 Å². The first kappa shape index (κ1) is 18.1. The molecule has 0 saturated carbocycles. The van der Waals surface area contributed by atoms with Gasteiger partial charge in [0.2, 0.25) is 0 Å². The van der Waals surface area contributed by atoms with Crippen LogP contribution in [0.3, 0.4) is 0 Å². The first-order valence-electron chi connectivity index (χ1n) is 6.46. The summed E-state index contributed by atoms with van der Waals surface area (Å²) >= 11 is 0. The fourth-order valence-corrected chi connectivity index (χ4v) is 1.59. The number of alkyl halides is 3. The van der Waals surface area contributed by atoms with E-state index in [1.165, 1.54) is 12.1 Å². The number of ether oxygens (including phenoxy) is 2. The molecule has 0 spiro atoms. The van der Waals surface area contributed by atoms with Gasteiger partial charge in [-0.2, -0.15) is 0 Å². The Balaban J connectivity index is 2.73. The van der Waals surface area contributed by atoms with Gasteiger partial charge in [0.15, 0.2) is 0 Å². The molecule has 0 aliphatic heterocycles. The number of carbonyl (C=O) groups excluding carboxylic acids is 1. The Bertz CT molecular complexity index is 494. The Labute approximate surface area is 126 Å². The predicted octanol–water partition coefficient (Wildman–Crippen LogP) is 3.14. The minimum atomic E-state index is -4.77. The van der Waals surface area contributed by atoms with Crippen molar-refractivity contribution >= 4 is 6.09 Å². The van der Waals surface area contributed by atoms with Crippen LogP contribution in [0.2, 0.25) is 0 Å².